The van der Waals surface area contributed by atoms with Crippen molar-refractivity contribution in [3.63, 3.8) is 0 Å². The molecule has 1 saturated carbocycles. The highest BCUT2D eigenvalue weighted by atomic mass is 32.2. The lowest BCUT2D eigenvalue weighted by Crippen LogP contribution is -2.65. The van der Waals surface area contributed by atoms with Crippen molar-refractivity contribution in [1.29, 1.82) is 0 Å². The Labute approximate surface area is 367 Å². The van der Waals surface area contributed by atoms with E-state index in [1.807, 2.05) is 20.8 Å². The number of aliphatic carboxylic acids is 1. The van der Waals surface area contributed by atoms with E-state index in [0.29, 0.717) is 34.9 Å². The lowest BCUT2D eigenvalue weighted by Gasteiger charge is -2.50. The molecule has 63 heavy (non-hydrogen) atoms. The van der Waals surface area contributed by atoms with E-state index in [-0.39, 0.29) is 64.9 Å². The van der Waals surface area contributed by atoms with E-state index in [0.717, 1.165) is 0 Å². The van der Waals surface area contributed by atoms with Crippen molar-refractivity contribution in [2.24, 2.45) is 34.2 Å². The Hall–Kier alpha value is -5.52. The van der Waals surface area contributed by atoms with Crippen LogP contribution >= 0.6 is 11.8 Å². The number of carboxylic acids is 1. The standard InChI is InChI=1S/C29H39N5O8.C12H17N3O4S.H2O/c1-28(2,3)31-11-17(35)32-15-10-16(33(4)5)13-8-12-9-14-21(34(6)7)24(38)20(27(30)41)26(40)29(14,42)25(39)18(12)23(37)19(13)22(15)36;1-6(16)9-7-4-8(20-3-2-14-5-13)10(12(18)19)15(7)11(9)17;/h10,12,14,21,31,36-37,40,42H,8-9,11H2,1-7H3,(H2,30,41)(H,32,35);5-7,9,16H,2-4H2,1H3,(H2,13,14)(H,18,19);1H2/t12-,14-,21-,29-;6-,7-,9-;/m01./s1. The van der Waals surface area contributed by atoms with Gasteiger partial charge in [-0.15, -0.1) is 11.8 Å². The number of nitrogens with zero attached hydrogens (tertiary/aromatic N) is 4. The van der Waals surface area contributed by atoms with Crippen molar-refractivity contribution < 1.29 is 64.9 Å². The maximum Gasteiger partial charge on any atom is 0.353 e. The molecule has 0 bridgehead atoms. The second-order valence-electron chi connectivity index (χ2n) is 17.4. The number of amides is 3. The SMILES string of the molecule is CN(C)c1cc(NC(=O)CNC(C)(C)C)c(O)c2c1C[C@H]1C[C@H]3[C@H](N(C)C)C(=O)C(C(N)=O)=C(O)[C@@]3(O)C(=O)C1=C2O.C[C@@H](O)[C@H]1C(=O)N2C(C(=O)O)=C(SCCN=CN)C[C@H]12.O. The quantitative estimate of drug-likeness (QED) is 0.0305. The Morgan fingerprint density at radius 3 is 2.27 bits per heavy atom. The number of nitrogens with one attached hydrogen (secondary N) is 2. The fourth-order valence-corrected chi connectivity index (χ4v) is 10.0. The van der Waals surface area contributed by atoms with E-state index in [1.54, 1.807) is 46.1 Å². The number of aliphatic imine (C=N–C) groups is 1. The summed E-state index contributed by atoms with van der Waals surface area (Å²) in [5.74, 6) is -9.09. The molecule has 1 saturated heterocycles. The van der Waals surface area contributed by atoms with E-state index in [2.05, 4.69) is 15.6 Å². The van der Waals surface area contributed by atoms with Gasteiger partial charge >= 0.3 is 5.97 Å². The van der Waals surface area contributed by atoms with Gasteiger partial charge in [-0.05, 0) is 72.2 Å². The summed E-state index contributed by atoms with van der Waals surface area (Å²) in [6, 6.07) is 0.181. The van der Waals surface area contributed by atoms with Gasteiger partial charge in [-0.25, -0.2) is 4.79 Å². The highest BCUT2D eigenvalue weighted by molar-refractivity contribution is 8.03. The Bertz CT molecular complexity index is 2210. The van der Waals surface area contributed by atoms with Gasteiger partial charge in [0.15, 0.2) is 11.4 Å². The molecule has 3 amide bonds. The monoisotopic (exact) mass is 902 g/mol. The second-order valence-corrected chi connectivity index (χ2v) is 18.6. The number of fused-ring (bicyclic) bond motifs is 4. The molecule has 0 unspecified atom stereocenters. The molecule has 6 rings (SSSR count). The number of aliphatic hydroxyl groups is 4. The van der Waals surface area contributed by atoms with Crippen molar-refractivity contribution in [3.8, 4) is 5.75 Å². The normalized spacial score (nSPS) is 25.7. The van der Waals surface area contributed by atoms with Crippen LogP contribution in [0.5, 0.6) is 5.75 Å². The summed E-state index contributed by atoms with van der Waals surface area (Å²) < 4.78 is 0. The molecule has 14 N–H and O–H groups in total. The molecule has 22 heteroatoms. The summed E-state index contributed by atoms with van der Waals surface area (Å²) >= 11 is 1.38. The zero-order valence-electron chi connectivity index (χ0n) is 36.3. The van der Waals surface area contributed by atoms with Gasteiger partial charge in [0.1, 0.15) is 28.5 Å². The Balaban J connectivity index is 0.000000347. The summed E-state index contributed by atoms with van der Waals surface area (Å²) in [7, 11) is 6.58. The highest BCUT2D eigenvalue weighted by Crippen LogP contribution is 2.55. The smallest absolute Gasteiger partial charge is 0.353 e. The van der Waals surface area contributed by atoms with E-state index >= 15 is 0 Å². The average Bonchev–Trinajstić information content (AvgIpc) is 3.48. The molecule has 1 aromatic carbocycles. The van der Waals surface area contributed by atoms with Crippen molar-refractivity contribution in [1.82, 2.24) is 15.1 Å². The van der Waals surface area contributed by atoms with Crippen LogP contribution in [0.1, 0.15) is 51.7 Å². The van der Waals surface area contributed by atoms with E-state index in [4.69, 9.17) is 11.5 Å². The van der Waals surface area contributed by atoms with Crippen LogP contribution in [-0.2, 0) is 35.2 Å². The molecule has 2 fully saturated rings. The molecule has 1 aromatic rings. The van der Waals surface area contributed by atoms with Crippen molar-refractivity contribution in [2.75, 3.05) is 57.2 Å². The number of ketones is 2. The van der Waals surface area contributed by atoms with Gasteiger partial charge in [0.25, 0.3) is 5.91 Å². The summed E-state index contributed by atoms with van der Waals surface area (Å²) in [5, 5.41) is 70.2. The molecule has 3 aliphatic carbocycles. The van der Waals surface area contributed by atoms with Crippen LogP contribution in [0.25, 0.3) is 5.76 Å². The Morgan fingerprint density at radius 2 is 1.75 bits per heavy atom. The summed E-state index contributed by atoms with van der Waals surface area (Å²) in [6.07, 6.45) is 1.05. The second kappa shape index (κ2) is 18.7. The van der Waals surface area contributed by atoms with Crippen molar-refractivity contribution >= 4 is 70.5 Å². The van der Waals surface area contributed by atoms with E-state index in [1.165, 1.54) is 27.9 Å². The number of rotatable bonds is 12. The minimum atomic E-state index is -2.73. The maximum absolute atomic E-state index is 14.0. The van der Waals surface area contributed by atoms with Gasteiger partial charge in [-0.2, -0.15) is 0 Å². The lowest BCUT2D eigenvalue weighted by molar-refractivity contribution is -0.161. The number of aliphatic hydroxyl groups excluding tert-OH is 3. The van der Waals surface area contributed by atoms with Crippen LogP contribution in [0.3, 0.4) is 0 Å². The van der Waals surface area contributed by atoms with Crippen LogP contribution < -0.4 is 27.0 Å². The molecule has 0 spiro atoms. The lowest BCUT2D eigenvalue weighted by atomic mass is 9.57. The molecular formula is C41H58N8O13S. The Morgan fingerprint density at radius 1 is 1.11 bits per heavy atom. The van der Waals surface area contributed by atoms with Crippen molar-refractivity contribution in [3.05, 3.63) is 44.7 Å². The summed E-state index contributed by atoms with van der Waals surface area (Å²) in [4.78, 5) is 84.4. The predicted octanol–water partition coefficient (Wildman–Crippen LogP) is -0.854. The molecule has 21 nitrogen and oxygen atoms in total. The number of carbonyl (C=O) groups excluding carboxylic acids is 5. The number of primary amides is 1. The van der Waals surface area contributed by atoms with E-state index < -0.39 is 87.7 Å². The third-order valence-corrected chi connectivity index (χ3v) is 12.8. The topological polar surface area (TPSA) is 353 Å². The fourth-order valence-electron chi connectivity index (χ4n) is 8.98. The third kappa shape index (κ3) is 9.00. The molecule has 346 valence electrons. The molecule has 2 heterocycles. The first-order chi connectivity index (χ1) is 28.8. The number of β-lactam (4-membered cyclic amide) rings is 1. The molecular weight excluding hydrogens is 845 g/mol. The van der Waals surface area contributed by atoms with Crippen LogP contribution in [0.2, 0.25) is 0 Å². The number of carboxylic acid groups (broad SMARTS) is 1. The molecule has 0 aromatic heterocycles. The van der Waals surface area contributed by atoms with Gasteiger partial charge in [0.05, 0.1) is 54.8 Å². The number of likely N-dealkylation sites (N-methyl/N-ethyl adjacent to an activating group) is 1. The number of hydrogen-bond donors (Lipinski definition) is 10. The first-order valence-electron chi connectivity index (χ1n) is 19.9. The number of phenols is 1. The number of aromatic hydroxyl groups is 1. The maximum atomic E-state index is 14.0. The van der Waals surface area contributed by atoms with Gasteiger partial charge in [-0.3, -0.25) is 33.9 Å². The van der Waals surface area contributed by atoms with Gasteiger partial charge in [0.2, 0.25) is 17.6 Å². The predicted molar refractivity (Wildman–Crippen MR) is 234 cm³/mol. The van der Waals surface area contributed by atoms with Crippen molar-refractivity contribution in [2.45, 2.75) is 76.3 Å². The van der Waals surface area contributed by atoms with Gasteiger partial charge < -0.3 is 68.0 Å². The van der Waals surface area contributed by atoms with E-state index in [9.17, 15) is 59.4 Å². The van der Waals surface area contributed by atoms with Gasteiger partial charge in [-0.1, -0.05) is 0 Å². The molecule has 0 radical (unpaired) electrons. The first kappa shape index (κ1) is 50.1. The average molecular weight is 903 g/mol. The van der Waals surface area contributed by atoms with Crippen LogP contribution in [0, 0.1) is 17.8 Å². The minimum absolute atomic E-state index is 0. The van der Waals surface area contributed by atoms with Crippen LogP contribution in [0.15, 0.2) is 38.6 Å². The number of phenolic OH excluding ortho intramolecular Hbond substituents is 1. The highest BCUT2D eigenvalue weighted by Gasteiger charge is 2.64. The molecule has 2 aliphatic heterocycles. The zero-order chi connectivity index (χ0) is 46.5. The number of nitrogens with two attached hydrogens (primary N) is 2. The van der Waals surface area contributed by atoms with Gasteiger partial charge in [0, 0.05) is 53.9 Å². The number of carbonyl (C=O) groups is 6. The number of anilines is 2. The minimum Gasteiger partial charge on any atom is -0.508 e. The largest absolute Gasteiger partial charge is 0.508 e. The van der Waals surface area contributed by atoms with Crippen LogP contribution in [0.4, 0.5) is 11.4 Å². The fraction of sp³-hybridized carbons (Fsp3) is 0.537. The van der Waals surface area contributed by atoms with Crippen LogP contribution in [-0.4, -0.2) is 164 Å². The number of thioether (sulfide) groups is 1. The zero-order valence-corrected chi connectivity index (χ0v) is 37.2. The first-order valence-corrected chi connectivity index (χ1v) is 20.9. The number of hydrogen-bond acceptors (Lipinski definition) is 16. The number of benzene rings is 1. The summed E-state index contributed by atoms with van der Waals surface area (Å²) in [6.45, 7) is 7.67. The third-order valence-electron chi connectivity index (χ3n) is 11.7. The summed E-state index contributed by atoms with van der Waals surface area (Å²) in [5.41, 5.74) is 7.30. The Kier molecular flexibility index (Phi) is 14.9. The molecule has 7 atom stereocenters. The molecule has 5 aliphatic rings. The number of Topliss-reactive ketones (excluding diaryl/α,β-unsaturated/α-hetero) is 2.